The lowest BCUT2D eigenvalue weighted by atomic mass is 10.2. The Morgan fingerprint density at radius 1 is 1.14 bits per heavy atom. The summed E-state index contributed by atoms with van der Waals surface area (Å²) in [6.07, 6.45) is 0. The van der Waals surface area contributed by atoms with E-state index in [0.717, 1.165) is 0 Å². The van der Waals surface area contributed by atoms with Crippen LogP contribution >= 0.6 is 11.6 Å². The molecular weight excluding hydrogens is 411 g/mol. The van der Waals surface area contributed by atoms with Gasteiger partial charge in [0.25, 0.3) is 15.9 Å². The molecule has 0 atom stereocenters. The minimum absolute atomic E-state index is 0.0799. The molecule has 28 heavy (non-hydrogen) atoms. The fourth-order valence-electron chi connectivity index (χ4n) is 2.67. The number of aryl methyl sites for hydroxylation is 1. The minimum Gasteiger partial charge on any atom is -0.351 e. The van der Waals surface area contributed by atoms with Crippen molar-refractivity contribution in [2.45, 2.75) is 4.90 Å². The fraction of sp³-hybridized carbons (Fsp3) is 0.0588. The Morgan fingerprint density at radius 3 is 2.39 bits per heavy atom. The molecule has 0 unspecified atom stereocenters. The van der Waals surface area contributed by atoms with Crippen molar-refractivity contribution >= 4 is 50.2 Å². The van der Waals surface area contributed by atoms with Gasteiger partial charge in [-0.3, -0.25) is 4.79 Å². The van der Waals surface area contributed by atoms with Crippen LogP contribution in [-0.2, 0) is 17.1 Å². The van der Waals surface area contributed by atoms with Crippen LogP contribution in [0.4, 0.5) is 14.9 Å². The largest absolute Gasteiger partial charge is 0.351 e. The summed E-state index contributed by atoms with van der Waals surface area (Å²) in [6.45, 7) is 0. The summed E-state index contributed by atoms with van der Waals surface area (Å²) in [5.74, 6) is -1.09. The van der Waals surface area contributed by atoms with Gasteiger partial charge in [0.2, 0.25) is 0 Å². The van der Waals surface area contributed by atoms with Crippen LogP contribution in [0.3, 0.4) is 0 Å². The smallest absolute Gasteiger partial charge is 0.326 e. The number of halogens is 2. The van der Waals surface area contributed by atoms with E-state index in [4.69, 9.17) is 17.3 Å². The molecule has 0 saturated carbocycles. The van der Waals surface area contributed by atoms with Gasteiger partial charge in [0.1, 0.15) is 11.5 Å². The summed E-state index contributed by atoms with van der Waals surface area (Å²) in [6, 6.07) is 8.09. The highest BCUT2D eigenvalue weighted by Crippen LogP contribution is 2.29. The van der Waals surface area contributed by atoms with Gasteiger partial charge in [-0.25, -0.2) is 22.3 Å². The number of nitrogens with one attached hydrogen (secondary N) is 2. The molecule has 0 bridgehead atoms. The number of hydrogen-bond donors (Lipinski definition) is 3. The predicted octanol–water partition coefficient (Wildman–Crippen LogP) is 2.58. The molecule has 3 aromatic rings. The first-order valence-corrected chi connectivity index (χ1v) is 9.63. The van der Waals surface area contributed by atoms with Crippen molar-refractivity contribution in [1.29, 1.82) is 0 Å². The number of nitrogens with two attached hydrogens (primary N) is 1. The topological polar surface area (TPSA) is 123 Å². The van der Waals surface area contributed by atoms with Gasteiger partial charge in [-0.15, -0.1) is 0 Å². The van der Waals surface area contributed by atoms with Crippen molar-refractivity contribution in [3.05, 3.63) is 59.0 Å². The number of sulfonamides is 1. The Morgan fingerprint density at radius 2 is 1.79 bits per heavy atom. The number of fused-ring (bicyclic) bond motifs is 1. The zero-order valence-corrected chi connectivity index (χ0v) is 15.9. The number of benzene rings is 2. The average molecular weight is 425 g/mol. The van der Waals surface area contributed by atoms with Gasteiger partial charge in [0.15, 0.2) is 0 Å². The van der Waals surface area contributed by atoms with E-state index in [1.54, 1.807) is 16.3 Å². The number of carbonyl (C=O) groups is 2. The number of carbonyl (C=O) groups excluding carboxylic acids is 2. The molecule has 0 aliphatic carbocycles. The third-order valence-corrected chi connectivity index (χ3v) is 5.75. The fourth-order valence-corrected chi connectivity index (χ4v) is 3.76. The van der Waals surface area contributed by atoms with E-state index in [9.17, 15) is 22.4 Å². The van der Waals surface area contributed by atoms with Crippen LogP contribution < -0.4 is 15.8 Å². The molecule has 0 aliphatic heterocycles. The Balaban J connectivity index is 1.86. The molecule has 0 radical (unpaired) electrons. The minimum atomic E-state index is -4.08. The summed E-state index contributed by atoms with van der Waals surface area (Å²) < 4.78 is 40.5. The van der Waals surface area contributed by atoms with Crippen molar-refractivity contribution in [1.82, 2.24) is 9.29 Å². The second-order valence-electron chi connectivity index (χ2n) is 5.83. The number of rotatable bonds is 4. The van der Waals surface area contributed by atoms with Crippen molar-refractivity contribution < 1.29 is 22.4 Å². The van der Waals surface area contributed by atoms with Gasteiger partial charge in [-0.2, -0.15) is 0 Å². The highest BCUT2D eigenvalue weighted by atomic mass is 35.5. The zero-order valence-electron chi connectivity index (χ0n) is 14.4. The van der Waals surface area contributed by atoms with Crippen molar-refractivity contribution in [2.75, 3.05) is 5.32 Å². The van der Waals surface area contributed by atoms with E-state index in [0.29, 0.717) is 16.6 Å². The summed E-state index contributed by atoms with van der Waals surface area (Å²) in [5.41, 5.74) is 5.94. The second-order valence-corrected chi connectivity index (χ2v) is 7.89. The molecule has 0 fully saturated rings. The van der Waals surface area contributed by atoms with Crippen LogP contribution in [0.25, 0.3) is 10.9 Å². The Hall–Kier alpha value is -3.11. The van der Waals surface area contributed by atoms with E-state index in [2.05, 4.69) is 5.32 Å². The lowest BCUT2D eigenvalue weighted by Gasteiger charge is -2.08. The molecule has 2 aromatic carbocycles. The standard InChI is InChI=1S/C17H14ClFN4O4S/c1-23-13-7-6-12(19)15(18)11(13)8-14(23)16(24)21-9-2-4-10(5-3-9)28(26,27)22-17(20)25/h2-8H,1H3,(H,21,24)(H3,20,22,25). The molecular formula is C17H14ClFN4O4S. The van der Waals surface area contributed by atoms with E-state index in [1.807, 2.05) is 0 Å². The zero-order chi connectivity index (χ0) is 20.6. The summed E-state index contributed by atoms with van der Waals surface area (Å²) in [5, 5.41) is 2.93. The molecule has 0 saturated heterocycles. The molecule has 0 aliphatic rings. The molecule has 4 N–H and O–H groups in total. The maximum Gasteiger partial charge on any atom is 0.326 e. The van der Waals surface area contributed by atoms with Crippen molar-refractivity contribution in [2.24, 2.45) is 12.8 Å². The first-order chi connectivity index (χ1) is 13.1. The molecule has 146 valence electrons. The van der Waals surface area contributed by atoms with Gasteiger partial charge < -0.3 is 15.6 Å². The van der Waals surface area contributed by atoms with E-state index >= 15 is 0 Å². The quantitative estimate of drug-likeness (QED) is 0.595. The van der Waals surface area contributed by atoms with E-state index < -0.39 is 27.8 Å². The monoisotopic (exact) mass is 424 g/mol. The number of nitrogens with zero attached hydrogens (tertiary/aromatic N) is 1. The normalized spacial score (nSPS) is 11.4. The molecule has 3 rings (SSSR count). The molecule has 11 heteroatoms. The van der Waals surface area contributed by atoms with Crippen molar-refractivity contribution in [3.63, 3.8) is 0 Å². The van der Waals surface area contributed by atoms with Gasteiger partial charge in [-0.05, 0) is 42.5 Å². The van der Waals surface area contributed by atoms with Crippen LogP contribution in [0, 0.1) is 5.82 Å². The molecule has 0 spiro atoms. The number of primary amides is 1. The lowest BCUT2D eigenvalue weighted by Crippen LogP contribution is -2.34. The summed E-state index contributed by atoms with van der Waals surface area (Å²) >= 11 is 5.96. The van der Waals surface area contributed by atoms with Crippen molar-refractivity contribution in [3.8, 4) is 0 Å². The highest BCUT2D eigenvalue weighted by Gasteiger charge is 2.18. The Bertz CT molecular complexity index is 1210. The second kappa shape index (κ2) is 7.13. The van der Waals surface area contributed by atoms with E-state index in [1.165, 1.54) is 42.5 Å². The SMILES string of the molecule is Cn1c(C(=O)Nc2ccc(S(=O)(=O)NC(N)=O)cc2)cc2c(Cl)c(F)ccc21. The maximum atomic E-state index is 13.6. The maximum absolute atomic E-state index is 13.6. The number of urea groups is 1. The molecule has 3 amide bonds. The van der Waals surface area contributed by atoms with Crippen LogP contribution in [0.1, 0.15) is 10.5 Å². The van der Waals surface area contributed by atoms with Gasteiger partial charge in [-0.1, -0.05) is 11.6 Å². The van der Waals surface area contributed by atoms with E-state index in [-0.39, 0.29) is 15.6 Å². The highest BCUT2D eigenvalue weighted by molar-refractivity contribution is 7.90. The average Bonchev–Trinajstić information content (AvgIpc) is 2.95. The number of aromatic nitrogens is 1. The molecule has 1 heterocycles. The Labute approximate surface area is 164 Å². The van der Waals surface area contributed by atoms with Gasteiger partial charge in [0, 0.05) is 18.1 Å². The first-order valence-electron chi connectivity index (χ1n) is 7.77. The van der Waals surface area contributed by atoms with Crippen LogP contribution in [-0.4, -0.2) is 24.9 Å². The third-order valence-electron chi connectivity index (χ3n) is 4.00. The summed E-state index contributed by atoms with van der Waals surface area (Å²) in [4.78, 5) is 23.1. The van der Waals surface area contributed by atoms with Crippen LogP contribution in [0.5, 0.6) is 0 Å². The molecule has 8 nitrogen and oxygen atoms in total. The van der Waals surface area contributed by atoms with Gasteiger partial charge in [0.05, 0.1) is 15.4 Å². The third kappa shape index (κ3) is 3.64. The number of amides is 3. The Kier molecular flexibility index (Phi) is 5.01. The van der Waals surface area contributed by atoms with Crippen LogP contribution in [0.15, 0.2) is 47.4 Å². The summed E-state index contributed by atoms with van der Waals surface area (Å²) in [7, 11) is -2.45. The number of hydrogen-bond acceptors (Lipinski definition) is 4. The molecule has 1 aromatic heterocycles. The predicted molar refractivity (Wildman–Crippen MR) is 102 cm³/mol. The first kappa shape index (κ1) is 19.6. The van der Waals surface area contributed by atoms with Crippen LogP contribution in [0.2, 0.25) is 5.02 Å². The lowest BCUT2D eigenvalue weighted by molar-refractivity contribution is 0.101. The van der Waals surface area contributed by atoms with Gasteiger partial charge >= 0.3 is 6.03 Å². The number of anilines is 1.